The molecule has 0 unspecified atom stereocenters. The van der Waals surface area contributed by atoms with Crippen molar-refractivity contribution in [2.75, 3.05) is 20.5 Å². The molecule has 142 valence electrons. The molecule has 3 aromatic rings. The molecule has 0 spiro atoms. The lowest BCUT2D eigenvalue weighted by Crippen LogP contribution is -3.00. The maximum atomic E-state index is 9.50. The molecule has 0 fully saturated rings. The van der Waals surface area contributed by atoms with E-state index in [1.54, 1.807) is 7.11 Å². The monoisotopic (exact) mass is 449 g/mol. The quantitative estimate of drug-likeness (QED) is 0.603. The number of thiazole rings is 1. The second-order valence-corrected chi connectivity index (χ2v) is 6.49. The van der Waals surface area contributed by atoms with E-state index in [1.165, 1.54) is 11.3 Å². The van der Waals surface area contributed by atoms with Crippen molar-refractivity contribution in [2.24, 2.45) is 4.99 Å². The molecule has 1 aliphatic rings. The van der Waals surface area contributed by atoms with E-state index in [0.29, 0.717) is 6.54 Å². The Morgan fingerprint density at radius 3 is 2.67 bits per heavy atom. The highest BCUT2D eigenvalue weighted by Crippen LogP contribution is 2.36. The molecule has 0 bridgehead atoms. The summed E-state index contributed by atoms with van der Waals surface area (Å²) in [6.45, 7) is 0.740. The topological polar surface area (TPSA) is 65.2 Å². The second kappa shape index (κ2) is 8.60. The van der Waals surface area contributed by atoms with Gasteiger partial charge in [0.1, 0.15) is 5.75 Å². The molecule has 0 radical (unpaired) electrons. The molecule has 8 heteroatoms. The van der Waals surface area contributed by atoms with Gasteiger partial charge in [0.05, 0.1) is 25.1 Å². The number of benzene rings is 2. The van der Waals surface area contributed by atoms with Gasteiger partial charge in [-0.15, -0.1) is 11.3 Å². The third kappa shape index (κ3) is 4.02. The molecule has 1 aromatic heterocycles. The van der Waals surface area contributed by atoms with Crippen LogP contribution in [0.3, 0.4) is 0 Å². The van der Waals surface area contributed by atoms with Crippen LogP contribution in [0.1, 0.15) is 0 Å². The number of nitrogens with zero attached hydrogens (tertiary/aromatic N) is 2. The molecule has 2 aromatic carbocycles. The van der Waals surface area contributed by atoms with E-state index in [4.69, 9.17) is 19.2 Å². The number of halogens is 1. The summed E-state index contributed by atoms with van der Waals surface area (Å²) in [6.07, 6.45) is 0. The number of ether oxygens (including phenoxy) is 3. The zero-order valence-corrected chi connectivity index (χ0v) is 17.0. The van der Waals surface area contributed by atoms with Gasteiger partial charge in [0.15, 0.2) is 16.3 Å². The normalized spacial score (nSPS) is 12.7. The fourth-order valence-electron chi connectivity index (χ4n) is 2.79. The highest BCUT2D eigenvalue weighted by molar-refractivity contribution is 7.07. The third-order valence-electron chi connectivity index (χ3n) is 4.09. The minimum absolute atomic E-state index is 0. The Labute approximate surface area is 171 Å². The summed E-state index contributed by atoms with van der Waals surface area (Å²) in [6, 6.07) is 13.4. The van der Waals surface area contributed by atoms with Gasteiger partial charge >= 0.3 is 0 Å². The summed E-state index contributed by atoms with van der Waals surface area (Å²) >= 11 is 1.53. The molecule has 0 saturated heterocycles. The number of methoxy groups -OCH3 is 1. The molecule has 27 heavy (non-hydrogen) atoms. The lowest BCUT2D eigenvalue weighted by atomic mass is 10.1. The van der Waals surface area contributed by atoms with Crippen molar-refractivity contribution in [2.45, 2.75) is 6.54 Å². The van der Waals surface area contributed by atoms with E-state index < -0.39 is 0 Å². The maximum Gasteiger partial charge on any atom is 0.231 e. The lowest BCUT2D eigenvalue weighted by molar-refractivity contribution is -0.00000812. The number of aliphatic hydroxyl groups is 1. The molecule has 2 heterocycles. The van der Waals surface area contributed by atoms with Crippen LogP contribution in [0.15, 0.2) is 52.8 Å². The summed E-state index contributed by atoms with van der Waals surface area (Å²) < 4.78 is 18.0. The summed E-state index contributed by atoms with van der Waals surface area (Å²) in [5.41, 5.74) is 2.81. The van der Waals surface area contributed by atoms with Crippen molar-refractivity contribution >= 4 is 17.0 Å². The van der Waals surface area contributed by atoms with Crippen molar-refractivity contribution < 1.29 is 36.3 Å². The standard InChI is InChI=1S/C19H18N2O4S.BrH/c1-23-15-5-3-14(4-6-15)20-19-21(8-9-22)16(11-26-19)13-2-7-17-18(10-13)25-12-24-17;/h2-7,10-11,22H,8-9,12H2,1H3;1H/p-1. The highest BCUT2D eigenvalue weighted by atomic mass is 79.9. The Morgan fingerprint density at radius 2 is 1.93 bits per heavy atom. The Balaban J connectivity index is 0.00000210. The molecule has 0 amide bonds. The largest absolute Gasteiger partial charge is 1.00 e. The Bertz CT molecular complexity index is 982. The maximum absolute atomic E-state index is 9.50. The van der Waals surface area contributed by atoms with E-state index in [1.807, 2.05) is 52.4 Å². The van der Waals surface area contributed by atoms with E-state index >= 15 is 0 Å². The minimum Gasteiger partial charge on any atom is -1.00 e. The van der Waals surface area contributed by atoms with E-state index in [-0.39, 0.29) is 30.4 Å². The van der Waals surface area contributed by atoms with Gasteiger partial charge in [-0.05, 0) is 42.5 Å². The number of aromatic nitrogens is 1. The first-order chi connectivity index (χ1) is 12.8. The predicted octanol–water partition coefficient (Wildman–Crippen LogP) is 0.183. The van der Waals surface area contributed by atoms with Crippen molar-refractivity contribution in [1.29, 1.82) is 0 Å². The third-order valence-corrected chi connectivity index (χ3v) is 4.95. The molecular weight excluding hydrogens is 432 g/mol. The van der Waals surface area contributed by atoms with Crippen LogP contribution in [-0.2, 0) is 6.54 Å². The molecular formula is C19H18BrN2O4S-. The molecule has 0 aliphatic carbocycles. The van der Waals surface area contributed by atoms with Gasteiger partial charge in [-0.3, -0.25) is 0 Å². The molecule has 1 aliphatic heterocycles. The van der Waals surface area contributed by atoms with Crippen molar-refractivity contribution in [3.8, 4) is 28.5 Å². The zero-order valence-electron chi connectivity index (χ0n) is 14.6. The van der Waals surface area contributed by atoms with E-state index in [9.17, 15) is 5.11 Å². The first-order valence-electron chi connectivity index (χ1n) is 8.16. The van der Waals surface area contributed by atoms with Crippen molar-refractivity contribution in [3.63, 3.8) is 0 Å². The molecule has 0 saturated carbocycles. The van der Waals surface area contributed by atoms with Gasteiger partial charge in [-0.2, -0.15) is 0 Å². The summed E-state index contributed by atoms with van der Waals surface area (Å²) in [7, 11) is 1.64. The van der Waals surface area contributed by atoms with E-state index in [0.717, 1.165) is 39.0 Å². The van der Waals surface area contributed by atoms with Crippen LogP contribution in [0.25, 0.3) is 11.3 Å². The van der Waals surface area contributed by atoms with Crippen LogP contribution < -0.4 is 36.0 Å². The minimum atomic E-state index is 0. The van der Waals surface area contributed by atoms with E-state index in [2.05, 4.69) is 0 Å². The summed E-state index contributed by atoms with van der Waals surface area (Å²) in [5.74, 6) is 2.28. The number of fused-ring (bicyclic) bond motifs is 1. The molecule has 6 nitrogen and oxygen atoms in total. The van der Waals surface area contributed by atoms with Crippen LogP contribution in [0.4, 0.5) is 5.69 Å². The Morgan fingerprint density at radius 1 is 1.15 bits per heavy atom. The average Bonchev–Trinajstić information content (AvgIpc) is 3.29. The van der Waals surface area contributed by atoms with Gasteiger partial charge in [0, 0.05) is 17.5 Å². The number of rotatable bonds is 5. The van der Waals surface area contributed by atoms with Crippen molar-refractivity contribution in [1.82, 2.24) is 4.57 Å². The smallest absolute Gasteiger partial charge is 0.231 e. The van der Waals surface area contributed by atoms with Crippen LogP contribution in [0.2, 0.25) is 0 Å². The second-order valence-electron chi connectivity index (χ2n) is 5.66. The number of hydrogen-bond donors (Lipinski definition) is 1. The highest BCUT2D eigenvalue weighted by Gasteiger charge is 2.16. The SMILES string of the molecule is COc1ccc(N=c2scc(-c3ccc4c(c3)OCO4)n2CCO)cc1.[Br-]. The predicted molar refractivity (Wildman–Crippen MR) is 99.2 cm³/mol. The van der Waals surface area contributed by atoms with Crippen molar-refractivity contribution in [3.05, 3.63) is 52.6 Å². The Hall–Kier alpha value is -2.29. The van der Waals surface area contributed by atoms with Gasteiger partial charge < -0.3 is 40.9 Å². The van der Waals surface area contributed by atoms with Gasteiger partial charge in [0.2, 0.25) is 6.79 Å². The number of hydrogen-bond acceptors (Lipinski definition) is 6. The zero-order chi connectivity index (χ0) is 17.9. The average molecular weight is 450 g/mol. The van der Waals surface area contributed by atoms with Crippen LogP contribution in [0, 0.1) is 0 Å². The molecule has 4 rings (SSSR count). The van der Waals surface area contributed by atoms with Crippen LogP contribution in [0.5, 0.6) is 17.2 Å². The van der Waals surface area contributed by atoms with Gasteiger partial charge in [0.25, 0.3) is 0 Å². The first kappa shape index (κ1) is 19.5. The van der Waals surface area contributed by atoms with Crippen LogP contribution >= 0.6 is 11.3 Å². The van der Waals surface area contributed by atoms with Crippen LogP contribution in [-0.4, -0.2) is 30.2 Å². The summed E-state index contributed by atoms with van der Waals surface area (Å²) in [5, 5.41) is 11.5. The first-order valence-corrected chi connectivity index (χ1v) is 9.04. The van der Waals surface area contributed by atoms with Gasteiger partial charge in [-0.1, -0.05) is 0 Å². The lowest BCUT2D eigenvalue weighted by Gasteiger charge is -2.08. The Kier molecular flexibility index (Phi) is 6.20. The summed E-state index contributed by atoms with van der Waals surface area (Å²) in [4.78, 5) is 5.53. The van der Waals surface area contributed by atoms with Gasteiger partial charge in [-0.25, -0.2) is 4.99 Å². The molecule has 0 atom stereocenters. The fraction of sp³-hybridized carbons (Fsp3) is 0.211. The number of aliphatic hydroxyl groups excluding tert-OH is 1. The fourth-order valence-corrected chi connectivity index (χ4v) is 3.74. The molecule has 1 N–H and O–H groups in total.